The number of carbonyl (C=O) groups excluding carboxylic acids is 1. The van der Waals surface area contributed by atoms with Gasteiger partial charge in [0.05, 0.1) is 11.9 Å². The number of hydrogen-bond donors (Lipinski definition) is 3. The maximum atomic E-state index is 11.7. The van der Waals surface area contributed by atoms with E-state index in [2.05, 4.69) is 10.4 Å². The fourth-order valence-electron chi connectivity index (χ4n) is 1.33. The first-order valence-electron chi connectivity index (χ1n) is 5.44. The number of aliphatic carboxylic acids is 2. The zero-order chi connectivity index (χ0) is 14.4. The Morgan fingerprint density at radius 1 is 1.32 bits per heavy atom. The molecule has 0 bridgehead atoms. The highest BCUT2D eigenvalue weighted by Crippen LogP contribution is 2.06. The topological polar surface area (TPSA) is 125 Å². The third kappa shape index (κ3) is 4.66. The number of amides is 2. The normalized spacial score (nSPS) is 9.95. The summed E-state index contributed by atoms with van der Waals surface area (Å²) in [6.07, 6.45) is 2.94. The van der Waals surface area contributed by atoms with Crippen LogP contribution in [0, 0.1) is 0 Å². The first kappa shape index (κ1) is 14.5. The smallest absolute Gasteiger partial charge is 0.323 e. The Morgan fingerprint density at radius 2 is 1.89 bits per heavy atom. The van der Waals surface area contributed by atoms with Crippen LogP contribution in [-0.4, -0.2) is 56.0 Å². The predicted molar refractivity (Wildman–Crippen MR) is 63.8 cm³/mol. The van der Waals surface area contributed by atoms with Gasteiger partial charge in [0.25, 0.3) is 0 Å². The summed E-state index contributed by atoms with van der Waals surface area (Å²) in [4.78, 5) is 33.5. The van der Waals surface area contributed by atoms with Crippen molar-refractivity contribution in [2.45, 2.75) is 13.5 Å². The predicted octanol–water partition coefficient (Wildman–Crippen LogP) is -0.0939. The molecule has 1 aromatic rings. The van der Waals surface area contributed by atoms with Gasteiger partial charge >= 0.3 is 18.0 Å². The summed E-state index contributed by atoms with van der Waals surface area (Å²) in [5.74, 6) is -2.58. The maximum absolute atomic E-state index is 11.7. The van der Waals surface area contributed by atoms with Crippen molar-refractivity contribution in [3.63, 3.8) is 0 Å². The number of carboxylic acid groups (broad SMARTS) is 2. The van der Waals surface area contributed by atoms with Crippen LogP contribution in [0.3, 0.4) is 0 Å². The van der Waals surface area contributed by atoms with Crippen molar-refractivity contribution < 1.29 is 24.6 Å². The van der Waals surface area contributed by atoms with Crippen molar-refractivity contribution in [1.29, 1.82) is 0 Å². The van der Waals surface area contributed by atoms with Gasteiger partial charge in [0.2, 0.25) is 0 Å². The average Bonchev–Trinajstić information content (AvgIpc) is 2.74. The van der Waals surface area contributed by atoms with Crippen LogP contribution in [0.25, 0.3) is 0 Å². The summed E-state index contributed by atoms with van der Waals surface area (Å²) in [5.41, 5.74) is 0.368. The van der Waals surface area contributed by atoms with Crippen molar-refractivity contribution in [2.75, 3.05) is 18.4 Å². The molecule has 0 aliphatic carbocycles. The van der Waals surface area contributed by atoms with Gasteiger partial charge in [-0.3, -0.25) is 14.3 Å². The van der Waals surface area contributed by atoms with Crippen molar-refractivity contribution in [3.05, 3.63) is 12.4 Å². The van der Waals surface area contributed by atoms with E-state index in [-0.39, 0.29) is 0 Å². The molecule has 1 heterocycles. The summed E-state index contributed by atoms with van der Waals surface area (Å²) in [5, 5.41) is 23.5. The summed E-state index contributed by atoms with van der Waals surface area (Å²) in [6, 6.07) is -0.805. The fourth-order valence-corrected chi connectivity index (χ4v) is 1.33. The second kappa shape index (κ2) is 6.38. The first-order chi connectivity index (χ1) is 8.92. The van der Waals surface area contributed by atoms with E-state index in [1.807, 2.05) is 6.92 Å². The molecule has 1 aromatic heterocycles. The van der Waals surface area contributed by atoms with Crippen LogP contribution in [0.5, 0.6) is 0 Å². The fraction of sp³-hybridized carbons (Fsp3) is 0.400. The molecule has 0 radical (unpaired) electrons. The van der Waals surface area contributed by atoms with Gasteiger partial charge in [-0.1, -0.05) is 0 Å². The highest BCUT2D eigenvalue weighted by Gasteiger charge is 2.20. The Labute approximate surface area is 108 Å². The molecule has 0 fully saturated rings. The van der Waals surface area contributed by atoms with Gasteiger partial charge in [0.15, 0.2) is 0 Å². The second-order valence-corrected chi connectivity index (χ2v) is 3.66. The Balaban J connectivity index is 2.69. The van der Waals surface area contributed by atoms with Gasteiger partial charge in [-0.2, -0.15) is 5.10 Å². The lowest BCUT2D eigenvalue weighted by Gasteiger charge is -2.18. The van der Waals surface area contributed by atoms with Crippen LogP contribution in [-0.2, 0) is 16.1 Å². The van der Waals surface area contributed by atoms with Gasteiger partial charge in [-0.25, -0.2) is 4.79 Å². The Morgan fingerprint density at radius 3 is 2.32 bits per heavy atom. The van der Waals surface area contributed by atoms with Crippen LogP contribution in [0.2, 0.25) is 0 Å². The van der Waals surface area contributed by atoms with Crippen LogP contribution in [0.15, 0.2) is 12.4 Å². The lowest BCUT2D eigenvalue weighted by Crippen LogP contribution is -2.41. The van der Waals surface area contributed by atoms with Crippen LogP contribution < -0.4 is 5.32 Å². The molecule has 0 aliphatic rings. The molecule has 104 valence electrons. The molecular formula is C10H14N4O5. The number of aryl methyl sites for hydroxylation is 1. The molecule has 0 saturated heterocycles. The molecule has 0 aliphatic heterocycles. The molecule has 2 amide bonds. The second-order valence-electron chi connectivity index (χ2n) is 3.66. The molecule has 0 aromatic carbocycles. The lowest BCUT2D eigenvalue weighted by molar-refractivity contribution is -0.140. The van der Waals surface area contributed by atoms with E-state index in [0.29, 0.717) is 17.1 Å². The zero-order valence-electron chi connectivity index (χ0n) is 10.2. The van der Waals surface area contributed by atoms with Crippen LogP contribution >= 0.6 is 0 Å². The minimum atomic E-state index is -1.29. The van der Waals surface area contributed by atoms with E-state index in [1.165, 1.54) is 6.20 Å². The Hall–Kier alpha value is -2.58. The molecule has 0 unspecified atom stereocenters. The average molecular weight is 270 g/mol. The van der Waals surface area contributed by atoms with Gasteiger partial charge in [-0.15, -0.1) is 0 Å². The molecule has 0 atom stereocenters. The molecule has 0 spiro atoms. The van der Waals surface area contributed by atoms with Crippen molar-refractivity contribution in [3.8, 4) is 0 Å². The van der Waals surface area contributed by atoms with Crippen LogP contribution in [0.1, 0.15) is 6.92 Å². The highest BCUT2D eigenvalue weighted by molar-refractivity contribution is 5.93. The largest absolute Gasteiger partial charge is 0.480 e. The maximum Gasteiger partial charge on any atom is 0.323 e. The number of urea groups is 1. The zero-order valence-corrected chi connectivity index (χ0v) is 10.2. The van der Waals surface area contributed by atoms with Gasteiger partial charge in [0, 0.05) is 12.7 Å². The molecule has 9 nitrogen and oxygen atoms in total. The molecule has 1 rings (SSSR count). The van der Waals surface area contributed by atoms with Crippen molar-refractivity contribution >= 4 is 23.7 Å². The molecule has 0 saturated carbocycles. The number of carbonyl (C=O) groups is 3. The Kier molecular flexibility index (Phi) is 4.86. The molecule has 19 heavy (non-hydrogen) atoms. The summed E-state index contributed by atoms with van der Waals surface area (Å²) in [7, 11) is 0. The Bertz CT molecular complexity index is 468. The minimum absolute atomic E-state index is 0.368. The van der Waals surface area contributed by atoms with E-state index in [1.54, 1.807) is 10.9 Å². The van der Waals surface area contributed by atoms with E-state index in [4.69, 9.17) is 10.2 Å². The highest BCUT2D eigenvalue weighted by atomic mass is 16.4. The summed E-state index contributed by atoms with van der Waals surface area (Å²) < 4.78 is 1.56. The lowest BCUT2D eigenvalue weighted by atomic mass is 10.4. The number of nitrogens with zero attached hydrogens (tertiary/aromatic N) is 3. The van der Waals surface area contributed by atoms with E-state index < -0.39 is 31.1 Å². The molecule has 9 heteroatoms. The van der Waals surface area contributed by atoms with E-state index in [0.717, 1.165) is 0 Å². The first-order valence-corrected chi connectivity index (χ1v) is 5.44. The molecular weight excluding hydrogens is 256 g/mol. The van der Waals surface area contributed by atoms with Crippen molar-refractivity contribution in [2.24, 2.45) is 0 Å². The van der Waals surface area contributed by atoms with Crippen molar-refractivity contribution in [1.82, 2.24) is 14.7 Å². The van der Waals surface area contributed by atoms with Gasteiger partial charge < -0.3 is 20.4 Å². The number of anilines is 1. The third-order valence-electron chi connectivity index (χ3n) is 2.15. The van der Waals surface area contributed by atoms with Crippen LogP contribution in [0.4, 0.5) is 10.5 Å². The monoisotopic (exact) mass is 270 g/mol. The quantitative estimate of drug-likeness (QED) is 0.663. The van der Waals surface area contributed by atoms with E-state index in [9.17, 15) is 14.4 Å². The number of hydrogen-bond acceptors (Lipinski definition) is 4. The van der Waals surface area contributed by atoms with Gasteiger partial charge in [-0.05, 0) is 6.92 Å². The molecule has 3 N–H and O–H groups in total. The van der Waals surface area contributed by atoms with Gasteiger partial charge in [0.1, 0.15) is 13.1 Å². The third-order valence-corrected chi connectivity index (χ3v) is 2.15. The number of nitrogens with one attached hydrogen (secondary N) is 1. The summed E-state index contributed by atoms with van der Waals surface area (Å²) in [6.45, 7) is 1.09. The van der Waals surface area contributed by atoms with E-state index >= 15 is 0 Å². The minimum Gasteiger partial charge on any atom is -0.480 e. The number of rotatable bonds is 6. The number of carboxylic acids is 2. The SMILES string of the molecule is CCn1cc(NC(=O)N(CC(=O)O)CC(=O)O)cn1. The summed E-state index contributed by atoms with van der Waals surface area (Å²) >= 11 is 0. The number of aromatic nitrogens is 2. The standard InChI is InChI=1S/C10H14N4O5/c1-2-14-4-7(3-11-14)12-10(19)13(5-8(15)16)6-9(17)18/h3-4H,2,5-6H2,1H3,(H,12,19)(H,15,16)(H,17,18).